The van der Waals surface area contributed by atoms with Crippen molar-refractivity contribution in [3.63, 3.8) is 0 Å². The first-order chi connectivity index (χ1) is 27.0. The van der Waals surface area contributed by atoms with E-state index in [4.69, 9.17) is 14.2 Å². The van der Waals surface area contributed by atoms with Crippen molar-refractivity contribution in [1.29, 1.82) is 0 Å². The molecule has 0 saturated carbocycles. The van der Waals surface area contributed by atoms with Crippen LogP contribution in [-0.2, 0) is 28.6 Å². The summed E-state index contributed by atoms with van der Waals surface area (Å²) >= 11 is 0. The van der Waals surface area contributed by atoms with Crippen LogP contribution in [0.4, 0.5) is 0 Å². The fourth-order valence-electron chi connectivity index (χ4n) is 6.77. The Balaban J connectivity index is 4.29. The Labute approximate surface area is 341 Å². The van der Waals surface area contributed by atoms with Crippen LogP contribution in [-0.4, -0.2) is 37.2 Å². The number of allylic oxidation sites excluding steroid dienone is 4. The predicted octanol–water partition coefficient (Wildman–Crippen LogP) is 15.2. The highest BCUT2D eigenvalue weighted by Crippen LogP contribution is 2.14. The van der Waals surface area contributed by atoms with Crippen LogP contribution in [0.1, 0.15) is 252 Å². The maximum absolute atomic E-state index is 12.7. The van der Waals surface area contributed by atoms with Gasteiger partial charge in [-0.25, -0.2) is 0 Å². The smallest absolute Gasteiger partial charge is 0.306 e. The van der Waals surface area contributed by atoms with E-state index in [1.54, 1.807) is 0 Å². The molecule has 6 nitrogen and oxygen atoms in total. The molecule has 0 aliphatic heterocycles. The number of carbonyl (C=O) groups is 3. The molecule has 0 N–H and O–H groups in total. The number of rotatable bonds is 43. The standard InChI is InChI=1S/C49H90O6/c1-4-7-10-13-16-19-22-23-24-25-26-27-28-31-33-36-39-42-48(51)54-45-46(55-49(52)43-40-37-34-30-21-18-15-12-9-6-3)44-53-47(50)41-38-35-32-29-20-17-14-11-8-5-2/h15,18,23-24,46H,4-14,16-17,19-22,25-45H2,1-3H3/b18-15-,24-23-. The van der Waals surface area contributed by atoms with Gasteiger partial charge < -0.3 is 14.2 Å². The highest BCUT2D eigenvalue weighted by atomic mass is 16.6. The third-order valence-electron chi connectivity index (χ3n) is 10.4. The number of esters is 3. The van der Waals surface area contributed by atoms with E-state index in [9.17, 15) is 14.4 Å². The van der Waals surface area contributed by atoms with Gasteiger partial charge in [-0.1, -0.05) is 193 Å². The van der Waals surface area contributed by atoms with Gasteiger partial charge in [0.25, 0.3) is 0 Å². The molecule has 1 unspecified atom stereocenters. The van der Waals surface area contributed by atoms with Crippen LogP contribution in [0.5, 0.6) is 0 Å². The number of hydrogen-bond acceptors (Lipinski definition) is 6. The second-order valence-corrected chi connectivity index (χ2v) is 16.0. The fraction of sp³-hybridized carbons (Fsp3) is 0.857. The van der Waals surface area contributed by atoms with E-state index in [0.29, 0.717) is 19.3 Å². The lowest BCUT2D eigenvalue weighted by molar-refractivity contribution is -0.167. The first kappa shape index (κ1) is 52.9. The van der Waals surface area contributed by atoms with Gasteiger partial charge in [-0.15, -0.1) is 0 Å². The van der Waals surface area contributed by atoms with Crippen LogP contribution in [0.15, 0.2) is 24.3 Å². The second kappa shape index (κ2) is 44.6. The van der Waals surface area contributed by atoms with Crippen molar-refractivity contribution in [3.05, 3.63) is 24.3 Å². The van der Waals surface area contributed by atoms with Crippen molar-refractivity contribution < 1.29 is 28.6 Å². The average molecular weight is 775 g/mol. The van der Waals surface area contributed by atoms with Crippen molar-refractivity contribution in [2.45, 2.75) is 258 Å². The van der Waals surface area contributed by atoms with Crippen LogP contribution >= 0.6 is 0 Å². The summed E-state index contributed by atoms with van der Waals surface area (Å²) in [5, 5.41) is 0. The van der Waals surface area contributed by atoms with Gasteiger partial charge in [-0.05, 0) is 64.2 Å². The topological polar surface area (TPSA) is 78.9 Å². The minimum absolute atomic E-state index is 0.0745. The zero-order valence-corrected chi connectivity index (χ0v) is 36.7. The molecule has 1 atom stereocenters. The van der Waals surface area contributed by atoms with Crippen LogP contribution in [0, 0.1) is 0 Å². The Hall–Kier alpha value is -2.11. The Bertz CT molecular complexity index is 896. The maximum Gasteiger partial charge on any atom is 0.306 e. The van der Waals surface area contributed by atoms with Gasteiger partial charge in [0.15, 0.2) is 6.10 Å². The maximum atomic E-state index is 12.7. The van der Waals surface area contributed by atoms with E-state index in [1.807, 2.05) is 0 Å². The van der Waals surface area contributed by atoms with Crippen LogP contribution in [0.3, 0.4) is 0 Å². The normalized spacial score (nSPS) is 12.1. The fourth-order valence-corrected chi connectivity index (χ4v) is 6.77. The minimum atomic E-state index is -0.772. The summed E-state index contributed by atoms with van der Waals surface area (Å²) in [6.07, 6.45) is 48.8. The van der Waals surface area contributed by atoms with Crippen molar-refractivity contribution in [2.24, 2.45) is 0 Å². The molecule has 0 spiro atoms. The first-order valence-electron chi connectivity index (χ1n) is 23.8. The summed E-state index contributed by atoms with van der Waals surface area (Å²) in [4.78, 5) is 37.7. The number of hydrogen-bond donors (Lipinski definition) is 0. The summed E-state index contributed by atoms with van der Waals surface area (Å²) in [6, 6.07) is 0. The lowest BCUT2D eigenvalue weighted by Crippen LogP contribution is -2.30. The molecule has 0 amide bonds. The summed E-state index contributed by atoms with van der Waals surface area (Å²) in [5.41, 5.74) is 0. The van der Waals surface area contributed by atoms with Crippen LogP contribution in [0.2, 0.25) is 0 Å². The van der Waals surface area contributed by atoms with E-state index in [0.717, 1.165) is 77.0 Å². The highest BCUT2D eigenvalue weighted by molar-refractivity contribution is 5.71. The molecular weight excluding hydrogens is 685 g/mol. The molecule has 55 heavy (non-hydrogen) atoms. The van der Waals surface area contributed by atoms with Gasteiger partial charge >= 0.3 is 17.9 Å². The van der Waals surface area contributed by atoms with Crippen LogP contribution in [0.25, 0.3) is 0 Å². The van der Waals surface area contributed by atoms with Crippen molar-refractivity contribution in [3.8, 4) is 0 Å². The molecule has 0 aliphatic rings. The Kier molecular flexibility index (Phi) is 42.9. The van der Waals surface area contributed by atoms with E-state index in [-0.39, 0.29) is 31.1 Å². The van der Waals surface area contributed by atoms with E-state index in [2.05, 4.69) is 45.1 Å². The molecule has 0 aliphatic carbocycles. The second-order valence-electron chi connectivity index (χ2n) is 16.0. The van der Waals surface area contributed by atoms with Gasteiger partial charge in [0.1, 0.15) is 13.2 Å². The molecule has 0 aromatic rings. The quantitative estimate of drug-likeness (QED) is 0.0266. The molecule has 0 fully saturated rings. The zero-order chi connectivity index (χ0) is 40.1. The minimum Gasteiger partial charge on any atom is -0.462 e. The first-order valence-corrected chi connectivity index (χ1v) is 23.8. The van der Waals surface area contributed by atoms with E-state index >= 15 is 0 Å². The zero-order valence-electron chi connectivity index (χ0n) is 36.7. The molecule has 0 rings (SSSR count). The molecule has 0 aromatic carbocycles. The number of ether oxygens (including phenoxy) is 3. The third-order valence-corrected chi connectivity index (χ3v) is 10.4. The summed E-state index contributed by atoms with van der Waals surface area (Å²) < 4.78 is 16.7. The summed E-state index contributed by atoms with van der Waals surface area (Å²) in [7, 11) is 0. The van der Waals surface area contributed by atoms with Crippen molar-refractivity contribution in [2.75, 3.05) is 13.2 Å². The Morgan fingerprint density at radius 1 is 0.345 bits per heavy atom. The number of unbranched alkanes of at least 4 members (excludes halogenated alkanes) is 28. The van der Waals surface area contributed by atoms with Crippen LogP contribution < -0.4 is 0 Å². The Morgan fingerprint density at radius 3 is 0.964 bits per heavy atom. The van der Waals surface area contributed by atoms with Gasteiger partial charge in [-0.3, -0.25) is 14.4 Å². The van der Waals surface area contributed by atoms with E-state index < -0.39 is 6.10 Å². The van der Waals surface area contributed by atoms with E-state index in [1.165, 1.54) is 135 Å². The van der Waals surface area contributed by atoms with Gasteiger partial charge in [0.2, 0.25) is 0 Å². The lowest BCUT2D eigenvalue weighted by atomic mass is 10.1. The van der Waals surface area contributed by atoms with Crippen molar-refractivity contribution in [1.82, 2.24) is 0 Å². The monoisotopic (exact) mass is 775 g/mol. The third kappa shape index (κ3) is 42.9. The predicted molar refractivity (Wildman–Crippen MR) is 233 cm³/mol. The molecular formula is C49H90O6. The SMILES string of the molecule is CCCC/C=C\CCCCCCC(=O)OC(COC(=O)CCCCCCCCC/C=C\CCCCCCCC)COC(=O)CCCCCCCCCCCC. The molecule has 322 valence electrons. The molecule has 0 heterocycles. The largest absolute Gasteiger partial charge is 0.462 e. The lowest BCUT2D eigenvalue weighted by Gasteiger charge is -2.18. The molecule has 0 bridgehead atoms. The molecule has 6 heteroatoms. The summed E-state index contributed by atoms with van der Waals surface area (Å²) in [6.45, 7) is 6.57. The van der Waals surface area contributed by atoms with Crippen molar-refractivity contribution >= 4 is 17.9 Å². The van der Waals surface area contributed by atoms with Gasteiger partial charge in [-0.2, -0.15) is 0 Å². The molecule has 0 aromatic heterocycles. The highest BCUT2D eigenvalue weighted by Gasteiger charge is 2.19. The summed E-state index contributed by atoms with van der Waals surface area (Å²) in [5.74, 6) is -0.889. The molecule has 0 saturated heterocycles. The van der Waals surface area contributed by atoms with Gasteiger partial charge in [0, 0.05) is 19.3 Å². The number of carbonyl (C=O) groups excluding carboxylic acids is 3. The average Bonchev–Trinajstić information content (AvgIpc) is 3.18. The van der Waals surface area contributed by atoms with Gasteiger partial charge in [0.05, 0.1) is 0 Å². The Morgan fingerprint density at radius 2 is 0.618 bits per heavy atom. The molecule has 0 radical (unpaired) electrons.